The van der Waals surface area contributed by atoms with Gasteiger partial charge in [0.15, 0.2) is 6.10 Å². The number of aryl methyl sites for hydroxylation is 1. The van der Waals surface area contributed by atoms with Crippen molar-refractivity contribution in [3.8, 4) is 5.75 Å². The van der Waals surface area contributed by atoms with Crippen molar-refractivity contribution in [1.82, 2.24) is 0 Å². The summed E-state index contributed by atoms with van der Waals surface area (Å²) in [4.78, 5) is 12.1. The fourth-order valence-corrected chi connectivity index (χ4v) is 3.28. The predicted molar refractivity (Wildman–Crippen MR) is 78.9 cm³/mol. The molecule has 0 radical (unpaired) electrons. The van der Waals surface area contributed by atoms with Crippen LogP contribution in [0.1, 0.15) is 18.2 Å². The van der Waals surface area contributed by atoms with Crippen molar-refractivity contribution in [3.63, 3.8) is 0 Å². The van der Waals surface area contributed by atoms with Gasteiger partial charge in [0.05, 0.1) is 9.72 Å². The molecule has 0 amide bonds. The molecular weight excluding hydrogens is 307 g/mol. The van der Waals surface area contributed by atoms with Crippen LogP contribution in [-0.2, 0) is 4.79 Å². The zero-order chi connectivity index (χ0) is 14.2. The lowest BCUT2D eigenvalue weighted by Gasteiger charge is -2.15. The lowest BCUT2D eigenvalue weighted by atomic mass is 10.2. The zero-order valence-corrected chi connectivity index (χ0v) is 12.7. The molecule has 0 aliphatic heterocycles. The van der Waals surface area contributed by atoms with E-state index in [9.17, 15) is 4.79 Å². The van der Waals surface area contributed by atoms with Gasteiger partial charge in [0.1, 0.15) is 10.8 Å². The lowest BCUT2D eigenvalue weighted by Crippen LogP contribution is -2.26. The quantitative estimate of drug-likeness (QED) is 0.884. The van der Waals surface area contributed by atoms with Crippen molar-refractivity contribution >= 4 is 50.6 Å². The van der Waals surface area contributed by atoms with Crippen LogP contribution in [-0.4, -0.2) is 17.2 Å². The summed E-state index contributed by atoms with van der Waals surface area (Å²) in [6.07, 6.45) is -0.574. The van der Waals surface area contributed by atoms with Gasteiger partial charge in [0.25, 0.3) is 0 Å². The molecule has 102 valence electrons. The number of hydrogen-bond donors (Lipinski definition) is 1. The fraction of sp³-hybridized carbons (Fsp3) is 0.308. The van der Waals surface area contributed by atoms with Crippen molar-refractivity contribution in [2.24, 2.45) is 0 Å². The molecule has 1 N–H and O–H groups in total. The molecule has 0 saturated heterocycles. The Morgan fingerprint density at radius 2 is 2.11 bits per heavy atom. The Hall–Kier alpha value is -0.970. The summed E-state index contributed by atoms with van der Waals surface area (Å²) in [5.74, 6) is -0.706. The summed E-state index contributed by atoms with van der Waals surface area (Å²) in [5.41, 5.74) is 0. The Kier molecular flexibility index (Phi) is 4.23. The first-order valence-electron chi connectivity index (χ1n) is 5.71. The van der Waals surface area contributed by atoms with E-state index >= 15 is 0 Å². The molecule has 1 unspecified atom stereocenters. The highest BCUT2D eigenvalue weighted by atomic mass is 35.5. The summed E-state index contributed by atoms with van der Waals surface area (Å²) in [7, 11) is 0. The van der Waals surface area contributed by atoms with Crippen LogP contribution in [0.5, 0.6) is 5.75 Å². The SMILES string of the molecule is CCC(Oc1cc2cc(C)sc2c(Cl)c1Cl)C(=O)O. The Morgan fingerprint density at radius 3 is 2.68 bits per heavy atom. The number of thiophene rings is 1. The number of hydrogen-bond acceptors (Lipinski definition) is 3. The van der Waals surface area contributed by atoms with E-state index in [1.807, 2.05) is 13.0 Å². The van der Waals surface area contributed by atoms with E-state index in [0.29, 0.717) is 17.2 Å². The van der Waals surface area contributed by atoms with Crippen molar-refractivity contribution in [3.05, 3.63) is 27.1 Å². The van der Waals surface area contributed by atoms with Gasteiger partial charge in [-0.25, -0.2) is 4.79 Å². The maximum absolute atomic E-state index is 11.0. The van der Waals surface area contributed by atoms with Gasteiger partial charge in [-0.2, -0.15) is 0 Å². The number of ether oxygens (including phenoxy) is 1. The Balaban J connectivity index is 2.48. The van der Waals surface area contributed by atoms with E-state index in [-0.39, 0.29) is 5.02 Å². The second kappa shape index (κ2) is 5.57. The van der Waals surface area contributed by atoms with Gasteiger partial charge in [-0.15, -0.1) is 11.3 Å². The number of aliphatic carboxylic acids is 1. The number of carboxylic acids is 1. The second-order valence-electron chi connectivity index (χ2n) is 4.13. The summed E-state index contributed by atoms with van der Waals surface area (Å²) in [5, 5.41) is 10.6. The number of halogens is 2. The summed E-state index contributed by atoms with van der Waals surface area (Å²) < 4.78 is 6.33. The third-order valence-corrected chi connectivity index (χ3v) is 4.74. The minimum atomic E-state index is -1.02. The number of carbonyl (C=O) groups is 1. The Bertz CT molecular complexity index is 636. The van der Waals surface area contributed by atoms with Crippen LogP contribution in [0.25, 0.3) is 10.1 Å². The molecule has 0 saturated carbocycles. The average molecular weight is 319 g/mol. The Morgan fingerprint density at radius 1 is 1.42 bits per heavy atom. The molecule has 2 aromatic rings. The highest BCUT2D eigenvalue weighted by Crippen LogP contribution is 2.42. The van der Waals surface area contributed by atoms with Crippen molar-refractivity contribution in [2.45, 2.75) is 26.4 Å². The van der Waals surface area contributed by atoms with E-state index in [2.05, 4.69) is 0 Å². The zero-order valence-electron chi connectivity index (χ0n) is 10.4. The van der Waals surface area contributed by atoms with Gasteiger partial charge in [-0.3, -0.25) is 0 Å². The molecular formula is C13H12Cl2O3S. The molecule has 0 aliphatic rings. The molecule has 0 aliphatic carbocycles. The molecule has 19 heavy (non-hydrogen) atoms. The highest BCUT2D eigenvalue weighted by molar-refractivity contribution is 7.19. The van der Waals surface area contributed by atoms with Crippen LogP contribution < -0.4 is 4.74 Å². The second-order valence-corrected chi connectivity index (χ2v) is 6.14. The third-order valence-electron chi connectivity index (χ3n) is 2.69. The normalized spacial score (nSPS) is 12.6. The van der Waals surface area contributed by atoms with Crippen molar-refractivity contribution in [2.75, 3.05) is 0 Å². The third kappa shape index (κ3) is 2.81. The summed E-state index contributed by atoms with van der Waals surface area (Å²) >= 11 is 13.9. The van der Waals surface area contributed by atoms with E-state index < -0.39 is 12.1 Å². The molecule has 6 heteroatoms. The van der Waals surface area contributed by atoms with Gasteiger partial charge >= 0.3 is 5.97 Å². The average Bonchev–Trinajstić information content (AvgIpc) is 2.72. The van der Waals surface area contributed by atoms with E-state index in [1.165, 1.54) is 0 Å². The van der Waals surface area contributed by atoms with E-state index in [1.54, 1.807) is 24.3 Å². The molecule has 0 fully saturated rings. The smallest absolute Gasteiger partial charge is 0.344 e. The largest absolute Gasteiger partial charge is 0.479 e. The molecule has 1 aromatic heterocycles. The van der Waals surface area contributed by atoms with Crippen LogP contribution in [0, 0.1) is 6.92 Å². The van der Waals surface area contributed by atoms with Crippen LogP contribution in [0.4, 0.5) is 0 Å². The van der Waals surface area contributed by atoms with Gasteiger partial charge in [0, 0.05) is 4.88 Å². The minimum absolute atomic E-state index is 0.260. The Labute approximate surface area is 124 Å². The number of rotatable bonds is 4. The van der Waals surface area contributed by atoms with Crippen molar-refractivity contribution in [1.29, 1.82) is 0 Å². The lowest BCUT2D eigenvalue weighted by molar-refractivity contribution is -0.145. The molecule has 0 bridgehead atoms. The minimum Gasteiger partial charge on any atom is -0.479 e. The first kappa shape index (κ1) is 14.4. The van der Waals surface area contributed by atoms with Crippen LogP contribution in [0.15, 0.2) is 12.1 Å². The monoisotopic (exact) mass is 318 g/mol. The van der Waals surface area contributed by atoms with E-state index in [0.717, 1.165) is 15.0 Å². The van der Waals surface area contributed by atoms with Crippen LogP contribution in [0.3, 0.4) is 0 Å². The fourth-order valence-electron chi connectivity index (χ4n) is 1.77. The number of fused-ring (bicyclic) bond motifs is 1. The molecule has 3 nitrogen and oxygen atoms in total. The molecule has 2 rings (SSSR count). The van der Waals surface area contributed by atoms with Gasteiger partial charge in [-0.1, -0.05) is 30.1 Å². The molecule has 1 heterocycles. The van der Waals surface area contributed by atoms with Gasteiger partial charge in [-0.05, 0) is 30.9 Å². The molecule has 1 atom stereocenters. The molecule has 1 aromatic carbocycles. The summed E-state index contributed by atoms with van der Waals surface area (Å²) in [6, 6.07) is 3.70. The first-order chi connectivity index (χ1) is 8.93. The first-order valence-corrected chi connectivity index (χ1v) is 7.28. The molecule has 0 spiro atoms. The van der Waals surface area contributed by atoms with Gasteiger partial charge < -0.3 is 9.84 Å². The predicted octanol–water partition coefficient (Wildman–Crippen LogP) is 4.76. The highest BCUT2D eigenvalue weighted by Gasteiger charge is 2.20. The van der Waals surface area contributed by atoms with Crippen molar-refractivity contribution < 1.29 is 14.6 Å². The van der Waals surface area contributed by atoms with Crippen LogP contribution >= 0.6 is 34.5 Å². The topological polar surface area (TPSA) is 46.5 Å². The number of benzene rings is 1. The van der Waals surface area contributed by atoms with E-state index in [4.69, 9.17) is 33.0 Å². The van der Waals surface area contributed by atoms with Gasteiger partial charge in [0.2, 0.25) is 0 Å². The maximum Gasteiger partial charge on any atom is 0.344 e. The summed E-state index contributed by atoms with van der Waals surface area (Å²) in [6.45, 7) is 3.71. The maximum atomic E-state index is 11.0. The number of carboxylic acid groups (broad SMARTS) is 1. The van der Waals surface area contributed by atoms with Crippen LogP contribution in [0.2, 0.25) is 10.0 Å². The standard InChI is InChI=1S/C13H12Cl2O3S/c1-3-8(13(16)17)18-9-5-7-4-6(2)19-12(7)11(15)10(9)14/h4-5,8H,3H2,1-2H3,(H,16,17).